The summed E-state index contributed by atoms with van der Waals surface area (Å²) < 4.78 is 0. The number of nitrogens with zero attached hydrogens (tertiary/aromatic N) is 1. The zero-order valence-corrected chi connectivity index (χ0v) is 11.5. The van der Waals surface area contributed by atoms with Crippen LogP contribution in [-0.2, 0) is 6.54 Å². The normalized spacial score (nSPS) is 12.8. The summed E-state index contributed by atoms with van der Waals surface area (Å²) in [4.78, 5) is 4.61. The molecule has 0 bridgehead atoms. The Balaban J connectivity index is 1.91. The number of fused-ring (bicyclic) bond motifs is 1. The Hall–Kier alpha value is -1.12. The Morgan fingerprint density at radius 2 is 2.06 bits per heavy atom. The van der Waals surface area contributed by atoms with Gasteiger partial charge >= 0.3 is 0 Å². The zero-order chi connectivity index (χ0) is 12.8. The molecule has 96 valence electrons. The number of rotatable bonds is 6. The van der Waals surface area contributed by atoms with Crippen molar-refractivity contribution in [1.82, 2.24) is 10.3 Å². The Morgan fingerprint density at radius 1 is 1.22 bits per heavy atom. The molecule has 0 aliphatic rings. The van der Waals surface area contributed by atoms with Gasteiger partial charge in [-0.15, -0.1) is 11.6 Å². The molecule has 0 amide bonds. The maximum atomic E-state index is 6.16. The predicted molar refractivity (Wildman–Crippen MR) is 78.0 cm³/mol. The van der Waals surface area contributed by atoms with Crippen molar-refractivity contribution in [2.24, 2.45) is 0 Å². The summed E-state index contributed by atoms with van der Waals surface area (Å²) in [6, 6.07) is 12.4. The second-order valence-electron chi connectivity index (χ2n) is 4.51. The van der Waals surface area contributed by atoms with Crippen LogP contribution >= 0.6 is 11.6 Å². The highest BCUT2D eigenvalue weighted by Gasteiger charge is 2.03. The molecule has 0 saturated carbocycles. The summed E-state index contributed by atoms with van der Waals surface area (Å²) in [7, 11) is 0. The Labute approximate surface area is 113 Å². The smallest absolute Gasteiger partial charge is 0.0705 e. The topological polar surface area (TPSA) is 24.9 Å². The van der Waals surface area contributed by atoms with Gasteiger partial charge in [0, 0.05) is 23.9 Å². The fourth-order valence-electron chi connectivity index (χ4n) is 1.98. The van der Waals surface area contributed by atoms with Crippen LogP contribution in [0.3, 0.4) is 0 Å². The number of para-hydroxylation sites is 1. The second-order valence-corrected chi connectivity index (χ2v) is 5.13. The minimum atomic E-state index is 0.218. The van der Waals surface area contributed by atoms with Crippen molar-refractivity contribution in [2.45, 2.75) is 31.7 Å². The molecule has 1 heterocycles. The van der Waals surface area contributed by atoms with Gasteiger partial charge in [0.1, 0.15) is 0 Å². The molecule has 2 rings (SSSR count). The fourth-order valence-corrected chi connectivity index (χ4v) is 2.31. The van der Waals surface area contributed by atoms with E-state index in [0.717, 1.165) is 37.1 Å². The highest BCUT2D eigenvalue weighted by Crippen LogP contribution is 2.11. The lowest BCUT2D eigenvalue weighted by atomic mass is 10.2. The Bertz CT molecular complexity index is 499. The van der Waals surface area contributed by atoms with Crippen LogP contribution in [0.4, 0.5) is 0 Å². The van der Waals surface area contributed by atoms with E-state index in [9.17, 15) is 0 Å². The van der Waals surface area contributed by atoms with Crippen molar-refractivity contribution < 1.29 is 0 Å². The molecule has 1 atom stereocenters. The molecule has 0 fully saturated rings. The maximum Gasteiger partial charge on any atom is 0.0705 e. The lowest BCUT2D eigenvalue weighted by molar-refractivity contribution is 0.618. The molecule has 0 saturated heterocycles. The van der Waals surface area contributed by atoms with E-state index in [1.165, 1.54) is 5.39 Å². The Morgan fingerprint density at radius 3 is 2.89 bits per heavy atom. The summed E-state index contributed by atoms with van der Waals surface area (Å²) in [6.07, 6.45) is 2.18. The van der Waals surface area contributed by atoms with Gasteiger partial charge in [-0.25, -0.2) is 0 Å². The lowest BCUT2D eigenvalue weighted by Crippen LogP contribution is -2.23. The first-order valence-corrected chi connectivity index (χ1v) is 6.92. The minimum Gasteiger partial charge on any atom is -0.310 e. The van der Waals surface area contributed by atoms with Crippen molar-refractivity contribution >= 4 is 22.5 Å². The molecule has 0 aliphatic heterocycles. The summed E-state index contributed by atoms with van der Waals surface area (Å²) in [5.41, 5.74) is 2.11. The van der Waals surface area contributed by atoms with Crippen LogP contribution in [0.2, 0.25) is 0 Å². The molecule has 3 heteroatoms. The van der Waals surface area contributed by atoms with E-state index in [4.69, 9.17) is 11.6 Å². The fraction of sp³-hybridized carbons (Fsp3) is 0.400. The first-order valence-electron chi connectivity index (χ1n) is 6.49. The highest BCUT2D eigenvalue weighted by molar-refractivity contribution is 6.20. The minimum absolute atomic E-state index is 0.218. The molecule has 0 spiro atoms. The number of nitrogens with one attached hydrogen (secondary N) is 1. The molecule has 1 unspecified atom stereocenters. The molecule has 0 aliphatic carbocycles. The monoisotopic (exact) mass is 262 g/mol. The number of aromatic nitrogens is 1. The number of hydrogen-bond acceptors (Lipinski definition) is 2. The van der Waals surface area contributed by atoms with Gasteiger partial charge in [0.05, 0.1) is 11.2 Å². The number of hydrogen-bond donors (Lipinski definition) is 1. The van der Waals surface area contributed by atoms with Crippen LogP contribution in [0.1, 0.15) is 25.5 Å². The van der Waals surface area contributed by atoms with Crippen molar-refractivity contribution in [3.63, 3.8) is 0 Å². The molecule has 1 N–H and O–H groups in total. The van der Waals surface area contributed by atoms with E-state index in [0.29, 0.717) is 0 Å². The first-order chi connectivity index (χ1) is 8.79. The highest BCUT2D eigenvalue weighted by atomic mass is 35.5. The van der Waals surface area contributed by atoms with Crippen LogP contribution in [0.15, 0.2) is 36.4 Å². The number of alkyl halides is 1. The number of benzene rings is 1. The summed E-state index contributed by atoms with van der Waals surface area (Å²) in [5, 5.41) is 4.76. The average Bonchev–Trinajstić information content (AvgIpc) is 2.39. The molecule has 2 aromatic rings. The maximum absolute atomic E-state index is 6.16. The second kappa shape index (κ2) is 6.72. The standard InChI is InChI=1S/C15H19ClN2/c1-2-5-13(16)10-17-11-14-9-8-12-6-3-4-7-15(12)18-14/h3-4,6-9,13,17H,2,5,10-11H2,1H3. The van der Waals surface area contributed by atoms with Crippen LogP contribution in [0.25, 0.3) is 10.9 Å². The van der Waals surface area contributed by atoms with Gasteiger partial charge in [-0.05, 0) is 18.6 Å². The van der Waals surface area contributed by atoms with E-state index in [2.05, 4.69) is 35.4 Å². The van der Waals surface area contributed by atoms with Crippen molar-refractivity contribution in [2.75, 3.05) is 6.54 Å². The van der Waals surface area contributed by atoms with E-state index >= 15 is 0 Å². The summed E-state index contributed by atoms with van der Waals surface area (Å²) >= 11 is 6.16. The third-order valence-corrected chi connectivity index (χ3v) is 3.30. The average molecular weight is 263 g/mol. The largest absolute Gasteiger partial charge is 0.310 e. The molecule has 18 heavy (non-hydrogen) atoms. The van der Waals surface area contributed by atoms with E-state index in [1.54, 1.807) is 0 Å². The molecule has 0 radical (unpaired) electrons. The van der Waals surface area contributed by atoms with Gasteiger partial charge in [-0.2, -0.15) is 0 Å². The Kier molecular flexibility index (Phi) is 4.97. The molecule has 2 nitrogen and oxygen atoms in total. The van der Waals surface area contributed by atoms with Crippen LogP contribution < -0.4 is 5.32 Å². The van der Waals surface area contributed by atoms with Crippen LogP contribution in [0.5, 0.6) is 0 Å². The van der Waals surface area contributed by atoms with Crippen molar-refractivity contribution in [3.05, 3.63) is 42.1 Å². The van der Waals surface area contributed by atoms with Crippen molar-refractivity contribution in [1.29, 1.82) is 0 Å². The van der Waals surface area contributed by atoms with E-state index in [-0.39, 0.29) is 5.38 Å². The van der Waals surface area contributed by atoms with Crippen molar-refractivity contribution in [3.8, 4) is 0 Å². The van der Waals surface area contributed by atoms with Crippen LogP contribution in [0, 0.1) is 0 Å². The van der Waals surface area contributed by atoms with Gasteiger partial charge in [-0.3, -0.25) is 4.98 Å². The zero-order valence-electron chi connectivity index (χ0n) is 10.7. The van der Waals surface area contributed by atoms with Gasteiger partial charge in [0.25, 0.3) is 0 Å². The lowest BCUT2D eigenvalue weighted by Gasteiger charge is -2.09. The molecular weight excluding hydrogens is 244 g/mol. The third kappa shape index (κ3) is 3.69. The SMILES string of the molecule is CCCC(Cl)CNCc1ccc2ccccc2n1. The van der Waals surface area contributed by atoms with E-state index < -0.39 is 0 Å². The quantitative estimate of drug-likeness (QED) is 0.803. The molecular formula is C15H19ClN2. The summed E-state index contributed by atoms with van der Waals surface area (Å²) in [5.74, 6) is 0. The van der Waals surface area contributed by atoms with Gasteiger partial charge < -0.3 is 5.32 Å². The number of halogens is 1. The van der Waals surface area contributed by atoms with Crippen LogP contribution in [-0.4, -0.2) is 16.9 Å². The molecule has 1 aromatic carbocycles. The first kappa shape index (κ1) is 13.3. The third-order valence-electron chi connectivity index (χ3n) is 2.93. The predicted octanol–water partition coefficient (Wildman–Crippen LogP) is 3.73. The summed E-state index contributed by atoms with van der Waals surface area (Å²) in [6.45, 7) is 3.77. The number of pyridine rings is 1. The van der Waals surface area contributed by atoms with Gasteiger partial charge in [0.15, 0.2) is 0 Å². The van der Waals surface area contributed by atoms with Gasteiger partial charge in [-0.1, -0.05) is 37.6 Å². The van der Waals surface area contributed by atoms with E-state index in [1.807, 2.05) is 18.2 Å². The molecule has 1 aromatic heterocycles. The van der Waals surface area contributed by atoms with Gasteiger partial charge in [0.2, 0.25) is 0 Å².